The maximum absolute atomic E-state index is 11.6. The molecule has 2 aliphatic carbocycles. The number of nitrogens with zero attached hydrogens (tertiary/aromatic N) is 1. The molecule has 0 bridgehead atoms. The van der Waals surface area contributed by atoms with Gasteiger partial charge in [-0.05, 0) is 41.0 Å². The summed E-state index contributed by atoms with van der Waals surface area (Å²) >= 11 is 0. The van der Waals surface area contributed by atoms with E-state index in [-0.39, 0.29) is 5.78 Å². The second-order valence-electron chi connectivity index (χ2n) is 3.78. The molecule has 0 saturated carbocycles. The van der Waals surface area contributed by atoms with Crippen LogP contribution >= 0.6 is 0 Å². The molecule has 0 unspecified atom stereocenters. The van der Waals surface area contributed by atoms with Crippen LogP contribution in [0.15, 0.2) is 42.0 Å². The van der Waals surface area contributed by atoms with Crippen LogP contribution in [0.25, 0.3) is 11.6 Å². The van der Waals surface area contributed by atoms with E-state index in [0.29, 0.717) is 5.56 Å². The summed E-state index contributed by atoms with van der Waals surface area (Å²) in [7, 11) is 0. The first-order chi connectivity index (χ1) is 7.79. The maximum atomic E-state index is 11.6. The highest BCUT2D eigenvalue weighted by atomic mass is 16.1. The minimum absolute atomic E-state index is 0.0345. The second-order valence-corrected chi connectivity index (χ2v) is 3.78. The van der Waals surface area contributed by atoms with E-state index in [0.717, 1.165) is 22.3 Å². The molecule has 0 heterocycles. The van der Waals surface area contributed by atoms with Gasteiger partial charge in [-0.2, -0.15) is 5.26 Å². The minimum Gasteiger partial charge on any atom is -0.289 e. The Labute approximate surface area is 92.8 Å². The maximum Gasteiger partial charge on any atom is 0.186 e. The van der Waals surface area contributed by atoms with Crippen molar-refractivity contribution in [2.75, 3.05) is 0 Å². The lowest BCUT2D eigenvalue weighted by molar-refractivity contribution is -0.110. The number of benzene rings is 1. The Morgan fingerprint density at radius 3 is 2.88 bits per heavy atom. The average molecular weight is 205 g/mol. The molecule has 0 amide bonds. The molecule has 1 aromatic rings. The molecule has 16 heavy (non-hydrogen) atoms. The third-order valence-corrected chi connectivity index (χ3v) is 2.84. The first-order valence-corrected chi connectivity index (χ1v) is 4.99. The van der Waals surface area contributed by atoms with Crippen molar-refractivity contribution in [3.05, 3.63) is 58.7 Å². The Bertz CT molecular complexity index is 639. The van der Waals surface area contributed by atoms with Crippen LogP contribution in [-0.2, 0) is 4.79 Å². The first-order valence-electron chi connectivity index (χ1n) is 4.99. The highest BCUT2D eigenvalue weighted by Gasteiger charge is 2.24. The topological polar surface area (TPSA) is 40.9 Å². The van der Waals surface area contributed by atoms with Gasteiger partial charge in [-0.15, -0.1) is 0 Å². The number of fused-ring (bicyclic) bond motifs is 3. The number of hydrogen-bond acceptors (Lipinski definition) is 2. The van der Waals surface area contributed by atoms with Crippen LogP contribution < -0.4 is 0 Å². The summed E-state index contributed by atoms with van der Waals surface area (Å²) in [6.45, 7) is 0. The van der Waals surface area contributed by atoms with Gasteiger partial charge in [0.15, 0.2) is 5.78 Å². The molecule has 0 fully saturated rings. The molecule has 3 rings (SSSR count). The largest absolute Gasteiger partial charge is 0.289 e. The van der Waals surface area contributed by atoms with E-state index in [4.69, 9.17) is 5.26 Å². The van der Waals surface area contributed by atoms with E-state index in [9.17, 15) is 4.79 Å². The van der Waals surface area contributed by atoms with Crippen LogP contribution in [-0.4, -0.2) is 5.78 Å². The van der Waals surface area contributed by atoms with Gasteiger partial charge >= 0.3 is 0 Å². The number of allylic oxidation sites excluding steroid dienone is 5. The second kappa shape index (κ2) is 3.04. The number of ketones is 1. The molecule has 1 aromatic carbocycles. The monoisotopic (exact) mass is 205 g/mol. The van der Waals surface area contributed by atoms with E-state index in [1.165, 1.54) is 0 Å². The molecule has 2 nitrogen and oxygen atoms in total. The predicted octanol–water partition coefficient (Wildman–Crippen LogP) is 2.48. The Hall–Kier alpha value is -2.40. The summed E-state index contributed by atoms with van der Waals surface area (Å²) in [6, 6.07) is 7.59. The Morgan fingerprint density at radius 2 is 2.06 bits per heavy atom. The van der Waals surface area contributed by atoms with Gasteiger partial charge in [0, 0.05) is 5.57 Å². The van der Waals surface area contributed by atoms with Crippen molar-refractivity contribution in [1.82, 2.24) is 0 Å². The fourth-order valence-corrected chi connectivity index (χ4v) is 2.07. The van der Waals surface area contributed by atoms with Gasteiger partial charge in [0.1, 0.15) is 0 Å². The normalized spacial score (nSPS) is 16.1. The Morgan fingerprint density at radius 1 is 1.19 bits per heavy atom. The van der Waals surface area contributed by atoms with Crippen LogP contribution in [0.5, 0.6) is 0 Å². The molecule has 0 radical (unpaired) electrons. The lowest BCUT2D eigenvalue weighted by atomic mass is 9.95. The van der Waals surface area contributed by atoms with Crippen molar-refractivity contribution in [1.29, 1.82) is 5.26 Å². The third kappa shape index (κ3) is 1.09. The standard InChI is InChI=1S/C14H7NO/c15-8-9-4-5-10-7-13-11(12(10)6-9)2-1-3-14(13)16/h1-7H. The number of carbonyl (C=O) groups is 1. The van der Waals surface area contributed by atoms with Crippen molar-refractivity contribution in [3.63, 3.8) is 0 Å². The van der Waals surface area contributed by atoms with Crippen LogP contribution in [0, 0.1) is 11.3 Å². The van der Waals surface area contributed by atoms with Crippen LogP contribution in [0.3, 0.4) is 0 Å². The number of carbonyl (C=O) groups excluding carboxylic acids is 1. The molecule has 2 heteroatoms. The zero-order valence-electron chi connectivity index (χ0n) is 8.40. The third-order valence-electron chi connectivity index (χ3n) is 2.84. The number of rotatable bonds is 0. The van der Waals surface area contributed by atoms with Gasteiger partial charge in [0.25, 0.3) is 0 Å². The van der Waals surface area contributed by atoms with E-state index >= 15 is 0 Å². The van der Waals surface area contributed by atoms with Gasteiger partial charge in [0.05, 0.1) is 11.6 Å². The van der Waals surface area contributed by atoms with Gasteiger partial charge in [0.2, 0.25) is 0 Å². The van der Waals surface area contributed by atoms with Gasteiger partial charge in [-0.3, -0.25) is 4.79 Å². The molecule has 2 aliphatic rings. The number of nitriles is 1. The lowest BCUT2D eigenvalue weighted by Crippen LogP contribution is -2.00. The molecule has 0 atom stereocenters. The molecule has 0 aliphatic heterocycles. The van der Waals surface area contributed by atoms with Gasteiger partial charge in [-0.25, -0.2) is 0 Å². The molecule has 0 spiro atoms. The summed E-state index contributed by atoms with van der Waals surface area (Å²) in [5.74, 6) is 0.0345. The summed E-state index contributed by atoms with van der Waals surface area (Å²) in [5, 5.41) is 8.85. The van der Waals surface area contributed by atoms with Crippen molar-refractivity contribution >= 4 is 17.4 Å². The zero-order valence-corrected chi connectivity index (χ0v) is 8.40. The Kier molecular flexibility index (Phi) is 1.69. The highest BCUT2D eigenvalue weighted by Crippen LogP contribution is 2.38. The molecule has 0 saturated heterocycles. The molecule has 74 valence electrons. The fraction of sp³-hybridized carbons (Fsp3) is 0. The summed E-state index contributed by atoms with van der Waals surface area (Å²) in [6.07, 6.45) is 7.12. The number of hydrogen-bond donors (Lipinski definition) is 0. The average Bonchev–Trinajstić information content (AvgIpc) is 2.68. The zero-order chi connectivity index (χ0) is 11.1. The van der Waals surface area contributed by atoms with E-state index in [2.05, 4.69) is 6.07 Å². The quantitative estimate of drug-likeness (QED) is 0.652. The summed E-state index contributed by atoms with van der Waals surface area (Å²) in [5.41, 5.74) is 4.27. The van der Waals surface area contributed by atoms with Crippen LogP contribution in [0.1, 0.15) is 16.7 Å². The van der Waals surface area contributed by atoms with Crippen LogP contribution in [0.4, 0.5) is 0 Å². The first kappa shape index (κ1) is 8.87. The van der Waals surface area contributed by atoms with Crippen molar-refractivity contribution in [2.45, 2.75) is 0 Å². The fourth-order valence-electron chi connectivity index (χ4n) is 2.07. The Balaban J connectivity index is 2.24. The summed E-state index contributed by atoms with van der Waals surface area (Å²) < 4.78 is 0. The molecular weight excluding hydrogens is 198 g/mol. The van der Waals surface area contributed by atoms with Crippen molar-refractivity contribution in [2.24, 2.45) is 0 Å². The lowest BCUT2D eigenvalue weighted by Gasteiger charge is -2.07. The SMILES string of the molecule is N#Cc1ccc2c(c1)C1=CC=CC(=O)C1=C2. The summed E-state index contributed by atoms with van der Waals surface area (Å²) in [4.78, 5) is 11.6. The smallest absolute Gasteiger partial charge is 0.186 e. The van der Waals surface area contributed by atoms with Crippen LogP contribution in [0.2, 0.25) is 0 Å². The van der Waals surface area contributed by atoms with Gasteiger partial charge < -0.3 is 0 Å². The molecular formula is C14H7NO. The van der Waals surface area contributed by atoms with Crippen molar-refractivity contribution in [3.8, 4) is 6.07 Å². The highest BCUT2D eigenvalue weighted by molar-refractivity contribution is 6.23. The van der Waals surface area contributed by atoms with Crippen molar-refractivity contribution < 1.29 is 4.79 Å². The van der Waals surface area contributed by atoms with Gasteiger partial charge in [-0.1, -0.05) is 18.2 Å². The van der Waals surface area contributed by atoms with E-state index in [1.54, 1.807) is 18.2 Å². The molecule has 0 N–H and O–H groups in total. The minimum atomic E-state index is 0.0345. The van der Waals surface area contributed by atoms with E-state index < -0.39 is 0 Å². The predicted molar refractivity (Wildman–Crippen MR) is 61.3 cm³/mol. The molecule has 0 aromatic heterocycles. The van der Waals surface area contributed by atoms with E-state index in [1.807, 2.05) is 24.3 Å².